The summed E-state index contributed by atoms with van der Waals surface area (Å²) in [5, 5.41) is 12.3. The highest BCUT2D eigenvalue weighted by atomic mass is 19.4. The van der Waals surface area contributed by atoms with Crippen LogP contribution in [0.5, 0.6) is 0 Å². The molecule has 2 heterocycles. The number of nitrogens with one attached hydrogen (secondary N) is 3. The number of carbonyl (C=O) groups is 2. The van der Waals surface area contributed by atoms with Gasteiger partial charge in [-0.25, -0.2) is 4.68 Å². The average molecular weight is 407 g/mol. The zero-order valence-electron chi connectivity index (χ0n) is 15.6. The number of amides is 2. The molecule has 0 radical (unpaired) electrons. The molecule has 2 unspecified atom stereocenters. The van der Waals surface area contributed by atoms with Crippen LogP contribution in [0.15, 0.2) is 30.3 Å². The first-order chi connectivity index (χ1) is 13.7. The Bertz CT molecular complexity index is 934. The van der Waals surface area contributed by atoms with Crippen LogP contribution in [0.25, 0.3) is 0 Å². The highest BCUT2D eigenvalue weighted by molar-refractivity contribution is 6.03. The van der Waals surface area contributed by atoms with Crippen LogP contribution in [-0.2, 0) is 4.79 Å². The van der Waals surface area contributed by atoms with Crippen molar-refractivity contribution in [2.75, 3.05) is 16.0 Å². The minimum Gasteiger partial charge on any atom is -0.367 e. The van der Waals surface area contributed by atoms with E-state index in [1.54, 1.807) is 24.3 Å². The number of benzene rings is 1. The summed E-state index contributed by atoms with van der Waals surface area (Å²) in [5.74, 6) is -0.379. The van der Waals surface area contributed by atoms with E-state index in [-0.39, 0.29) is 35.8 Å². The van der Waals surface area contributed by atoms with E-state index in [1.807, 2.05) is 0 Å². The third-order valence-corrected chi connectivity index (χ3v) is 5.11. The highest BCUT2D eigenvalue weighted by Gasteiger charge is 2.49. The average Bonchev–Trinajstić information content (AvgIpc) is 3.40. The van der Waals surface area contributed by atoms with Crippen molar-refractivity contribution in [1.29, 1.82) is 0 Å². The summed E-state index contributed by atoms with van der Waals surface area (Å²) in [6.07, 6.45) is -2.70. The Morgan fingerprint density at radius 1 is 1.14 bits per heavy atom. The lowest BCUT2D eigenvalue weighted by atomic mass is 10.0. The minimum absolute atomic E-state index is 0.0888. The van der Waals surface area contributed by atoms with Crippen LogP contribution in [0.1, 0.15) is 42.7 Å². The van der Waals surface area contributed by atoms with Crippen molar-refractivity contribution < 1.29 is 22.8 Å². The molecule has 0 bridgehead atoms. The van der Waals surface area contributed by atoms with Crippen LogP contribution < -0.4 is 16.0 Å². The second kappa shape index (κ2) is 7.09. The maximum atomic E-state index is 13.5. The summed E-state index contributed by atoms with van der Waals surface area (Å²) in [6.45, 7) is 1.38. The molecule has 4 rings (SSSR count). The molecule has 2 atom stereocenters. The van der Waals surface area contributed by atoms with E-state index in [0.29, 0.717) is 11.4 Å². The first-order valence-corrected chi connectivity index (χ1v) is 9.32. The Kier molecular flexibility index (Phi) is 4.71. The third kappa shape index (κ3) is 4.20. The minimum atomic E-state index is -4.44. The van der Waals surface area contributed by atoms with Gasteiger partial charge in [0.05, 0.1) is 0 Å². The van der Waals surface area contributed by atoms with Gasteiger partial charge in [0.1, 0.15) is 5.82 Å². The summed E-state index contributed by atoms with van der Waals surface area (Å²) in [6, 6.07) is 5.73. The van der Waals surface area contributed by atoms with Gasteiger partial charge in [0.25, 0.3) is 5.91 Å². The maximum Gasteiger partial charge on any atom is 0.410 e. The number of alkyl halides is 3. The van der Waals surface area contributed by atoms with Crippen molar-refractivity contribution in [1.82, 2.24) is 9.78 Å². The number of nitrogens with zero attached hydrogens (tertiary/aromatic N) is 2. The number of carbonyl (C=O) groups excluding carboxylic acids is 2. The largest absolute Gasteiger partial charge is 0.410 e. The quantitative estimate of drug-likeness (QED) is 0.720. The lowest BCUT2D eigenvalue weighted by molar-refractivity contribution is -0.174. The molecule has 1 saturated carbocycles. The second-order valence-electron chi connectivity index (χ2n) is 7.45. The predicted octanol–water partition coefficient (Wildman–Crippen LogP) is 3.79. The van der Waals surface area contributed by atoms with Crippen LogP contribution in [0.4, 0.5) is 30.4 Å². The monoisotopic (exact) mass is 407 g/mol. The Labute approximate surface area is 164 Å². The van der Waals surface area contributed by atoms with Gasteiger partial charge in [-0.15, -0.1) is 0 Å². The van der Waals surface area contributed by atoms with Gasteiger partial charge in [-0.05, 0) is 49.4 Å². The second-order valence-corrected chi connectivity index (χ2v) is 7.45. The number of rotatable bonds is 4. The van der Waals surface area contributed by atoms with Gasteiger partial charge in [-0.1, -0.05) is 0 Å². The number of aromatic nitrogens is 2. The zero-order valence-corrected chi connectivity index (χ0v) is 15.6. The molecule has 10 heteroatoms. The molecule has 154 valence electrons. The van der Waals surface area contributed by atoms with Crippen molar-refractivity contribution in [3.63, 3.8) is 0 Å². The smallest absolute Gasteiger partial charge is 0.367 e. The lowest BCUT2D eigenvalue weighted by Gasteiger charge is -2.33. The van der Waals surface area contributed by atoms with Crippen LogP contribution >= 0.6 is 0 Å². The van der Waals surface area contributed by atoms with Gasteiger partial charge in [0.15, 0.2) is 11.7 Å². The molecule has 1 fully saturated rings. The first kappa shape index (κ1) is 19.3. The fourth-order valence-corrected chi connectivity index (χ4v) is 3.56. The topological polar surface area (TPSA) is 88.1 Å². The summed E-state index contributed by atoms with van der Waals surface area (Å²) < 4.78 is 41.5. The summed E-state index contributed by atoms with van der Waals surface area (Å²) >= 11 is 0. The molecule has 0 saturated heterocycles. The number of fused-ring (bicyclic) bond motifs is 1. The Hall–Kier alpha value is -3.04. The molecule has 1 aliphatic carbocycles. The van der Waals surface area contributed by atoms with E-state index in [0.717, 1.165) is 17.5 Å². The molecule has 1 aromatic heterocycles. The number of hydrogen-bond donors (Lipinski definition) is 3. The highest BCUT2D eigenvalue weighted by Crippen LogP contribution is 2.45. The normalized spacial score (nSPS) is 21.1. The molecule has 1 aromatic carbocycles. The lowest BCUT2D eigenvalue weighted by Crippen LogP contribution is -2.40. The summed E-state index contributed by atoms with van der Waals surface area (Å²) in [5.41, 5.74) is 0.909. The molecule has 29 heavy (non-hydrogen) atoms. The van der Waals surface area contributed by atoms with Crippen molar-refractivity contribution in [3.8, 4) is 0 Å². The Morgan fingerprint density at radius 3 is 2.31 bits per heavy atom. The third-order valence-electron chi connectivity index (χ3n) is 5.11. The molecule has 1 aliphatic heterocycles. The van der Waals surface area contributed by atoms with E-state index in [1.165, 1.54) is 13.0 Å². The molecule has 7 nitrogen and oxygen atoms in total. The van der Waals surface area contributed by atoms with E-state index in [2.05, 4.69) is 21.0 Å². The number of anilines is 3. The van der Waals surface area contributed by atoms with Crippen LogP contribution in [0, 0.1) is 5.92 Å². The van der Waals surface area contributed by atoms with E-state index >= 15 is 0 Å². The maximum absolute atomic E-state index is 13.5. The van der Waals surface area contributed by atoms with Crippen LogP contribution in [0.3, 0.4) is 0 Å². The molecular formula is C19H20F3N5O2. The van der Waals surface area contributed by atoms with Crippen molar-refractivity contribution >= 4 is 29.0 Å². The summed E-state index contributed by atoms with van der Waals surface area (Å²) in [4.78, 5) is 23.6. The van der Waals surface area contributed by atoms with E-state index in [9.17, 15) is 22.8 Å². The van der Waals surface area contributed by atoms with Gasteiger partial charge < -0.3 is 16.0 Å². The summed E-state index contributed by atoms with van der Waals surface area (Å²) in [7, 11) is 0. The van der Waals surface area contributed by atoms with Gasteiger partial charge >= 0.3 is 6.18 Å². The fourth-order valence-electron chi connectivity index (χ4n) is 3.56. The SMILES string of the molecule is CC(=O)Nc1ccc(NC(=O)c2cc3n(n2)C(C(F)(F)F)CC(C2CC2)N3)cc1. The van der Waals surface area contributed by atoms with E-state index in [4.69, 9.17) is 0 Å². The molecule has 2 aromatic rings. The van der Waals surface area contributed by atoms with Crippen LogP contribution in [0.2, 0.25) is 0 Å². The molecule has 0 spiro atoms. The first-order valence-electron chi connectivity index (χ1n) is 9.32. The molecule has 2 amide bonds. The molecule has 3 N–H and O–H groups in total. The fraction of sp³-hybridized carbons (Fsp3) is 0.421. The Morgan fingerprint density at radius 2 is 1.76 bits per heavy atom. The van der Waals surface area contributed by atoms with Crippen molar-refractivity contribution in [2.24, 2.45) is 5.92 Å². The number of halogens is 3. The van der Waals surface area contributed by atoms with Gasteiger partial charge in [0.2, 0.25) is 5.91 Å². The van der Waals surface area contributed by atoms with Gasteiger partial charge in [-0.2, -0.15) is 18.3 Å². The van der Waals surface area contributed by atoms with Gasteiger partial charge in [0, 0.05) is 30.4 Å². The Balaban J connectivity index is 1.52. The van der Waals surface area contributed by atoms with Crippen molar-refractivity contribution in [2.45, 2.75) is 44.4 Å². The molecular weight excluding hydrogens is 387 g/mol. The number of hydrogen-bond acceptors (Lipinski definition) is 4. The predicted molar refractivity (Wildman–Crippen MR) is 101 cm³/mol. The van der Waals surface area contributed by atoms with Crippen molar-refractivity contribution in [3.05, 3.63) is 36.0 Å². The standard InChI is InChI=1S/C19H20F3N5O2/c1-10(28)23-12-4-6-13(7-5-12)24-18(29)15-9-17-25-14(11-2-3-11)8-16(19(20,21)22)27(17)26-15/h4-7,9,11,14,16,25H,2-3,8H2,1H3,(H,23,28)(H,24,29). The van der Waals surface area contributed by atoms with Crippen LogP contribution in [-0.4, -0.2) is 33.8 Å². The van der Waals surface area contributed by atoms with Gasteiger partial charge in [-0.3, -0.25) is 9.59 Å². The zero-order chi connectivity index (χ0) is 20.8. The van der Waals surface area contributed by atoms with E-state index < -0.39 is 18.1 Å². The molecule has 2 aliphatic rings.